The average molecular weight is 177 g/mol. The van der Waals surface area contributed by atoms with Crippen LogP contribution in [0.2, 0.25) is 6.32 Å². The monoisotopic (exact) mass is 177 g/mol. The molecule has 0 aromatic carbocycles. The van der Waals surface area contributed by atoms with E-state index in [1.807, 2.05) is 0 Å². The van der Waals surface area contributed by atoms with E-state index in [2.05, 4.69) is 5.10 Å². The van der Waals surface area contributed by atoms with Gasteiger partial charge in [-0.2, -0.15) is 5.10 Å². The molecule has 0 aliphatic carbocycles. The first-order valence-electron chi connectivity index (χ1n) is 3.66. The van der Waals surface area contributed by atoms with Gasteiger partial charge in [0.1, 0.15) is 0 Å². The van der Waals surface area contributed by atoms with Gasteiger partial charge in [0, 0.05) is 13.2 Å². The molecule has 12 heavy (non-hydrogen) atoms. The summed E-state index contributed by atoms with van der Waals surface area (Å²) in [6.07, 6.45) is 2.38. The number of nitrogens with zero attached hydrogens (tertiary/aromatic N) is 2. The van der Waals surface area contributed by atoms with E-state index in [0.29, 0.717) is 5.56 Å². The van der Waals surface area contributed by atoms with E-state index >= 15 is 0 Å². The molecule has 0 saturated carbocycles. The number of rotatable bonds is 3. The summed E-state index contributed by atoms with van der Waals surface area (Å²) >= 11 is 0. The van der Waals surface area contributed by atoms with Crippen LogP contribution in [0.5, 0.6) is 0 Å². The highest BCUT2D eigenvalue weighted by atomic mass is 19.4. The summed E-state index contributed by atoms with van der Waals surface area (Å²) in [6.45, 7) is -4.66. The van der Waals surface area contributed by atoms with Crippen molar-refractivity contribution >= 4 is 6.98 Å². The van der Waals surface area contributed by atoms with Gasteiger partial charge in [-0.05, 0) is 12.0 Å². The van der Waals surface area contributed by atoms with Gasteiger partial charge in [0.15, 0.2) is 0 Å². The van der Waals surface area contributed by atoms with E-state index in [1.165, 1.54) is 10.9 Å². The van der Waals surface area contributed by atoms with Crippen LogP contribution in [0.4, 0.5) is 12.9 Å². The van der Waals surface area contributed by atoms with Gasteiger partial charge in [0.2, 0.25) is 0 Å². The first kappa shape index (κ1) is 9.16. The Kier molecular flexibility index (Phi) is 2.44. The van der Waals surface area contributed by atoms with Crippen LogP contribution in [0, 0.1) is 0 Å². The van der Waals surface area contributed by atoms with Crippen LogP contribution in [0.25, 0.3) is 0 Å². The van der Waals surface area contributed by atoms with Gasteiger partial charge in [-0.1, -0.05) is 6.32 Å². The molecule has 0 amide bonds. The smallest absolute Gasteiger partial charge is 0.449 e. The molecule has 2 nitrogen and oxygen atoms in total. The molecular formula is C6H9BF3N2-. The SMILES string of the molecule is Cn1cc(CC[B-](F)(F)F)cn1. The van der Waals surface area contributed by atoms with E-state index in [0.717, 1.165) is 0 Å². The predicted molar refractivity (Wildman–Crippen MR) is 40.8 cm³/mol. The molecule has 6 heteroatoms. The number of aromatic nitrogens is 2. The largest absolute Gasteiger partial charge is 0.478 e. The Morgan fingerprint density at radius 3 is 2.58 bits per heavy atom. The third-order valence-corrected chi connectivity index (χ3v) is 1.52. The number of aryl methyl sites for hydroxylation is 2. The van der Waals surface area contributed by atoms with Crippen molar-refractivity contribution in [1.29, 1.82) is 0 Å². The molecule has 1 rings (SSSR count). The second kappa shape index (κ2) is 3.20. The number of hydrogen-bond donors (Lipinski definition) is 0. The first-order chi connectivity index (χ1) is 5.47. The molecule has 0 spiro atoms. The zero-order chi connectivity index (χ0) is 9.19. The summed E-state index contributed by atoms with van der Waals surface area (Å²) in [7, 11) is 1.68. The lowest BCUT2D eigenvalue weighted by molar-refractivity contribution is 0.467. The minimum atomic E-state index is -4.66. The predicted octanol–water partition coefficient (Wildman–Crippen LogP) is 1.81. The average Bonchev–Trinajstić information content (AvgIpc) is 2.30. The van der Waals surface area contributed by atoms with Gasteiger partial charge < -0.3 is 12.9 Å². The van der Waals surface area contributed by atoms with Crippen molar-refractivity contribution in [3.8, 4) is 0 Å². The lowest BCUT2D eigenvalue weighted by atomic mass is 9.83. The summed E-state index contributed by atoms with van der Waals surface area (Å²) < 4.78 is 36.8. The Morgan fingerprint density at radius 1 is 1.50 bits per heavy atom. The standard InChI is InChI=1S/C6H9BF3N2/c1-12-5-6(4-11-12)2-3-7(8,9)10/h4-5H,2-3H2,1H3/q-1. The molecule has 0 aliphatic rings. The van der Waals surface area contributed by atoms with Gasteiger partial charge in [0.25, 0.3) is 0 Å². The highest BCUT2D eigenvalue weighted by Crippen LogP contribution is 2.17. The quantitative estimate of drug-likeness (QED) is 0.643. The van der Waals surface area contributed by atoms with Crippen molar-refractivity contribution in [3.63, 3.8) is 0 Å². The van der Waals surface area contributed by atoms with Crippen LogP contribution in [0.1, 0.15) is 5.56 Å². The molecule has 1 aromatic heterocycles. The molecule has 0 N–H and O–H groups in total. The molecule has 0 radical (unpaired) electrons. The lowest BCUT2D eigenvalue weighted by Crippen LogP contribution is -2.14. The summed E-state index contributed by atoms with van der Waals surface area (Å²) in [4.78, 5) is 0. The molecule has 0 atom stereocenters. The van der Waals surface area contributed by atoms with Crippen LogP contribution in [-0.4, -0.2) is 16.8 Å². The van der Waals surface area contributed by atoms with Crippen LogP contribution in [0.3, 0.4) is 0 Å². The normalized spacial score (nSPS) is 12.0. The van der Waals surface area contributed by atoms with E-state index in [-0.39, 0.29) is 6.42 Å². The van der Waals surface area contributed by atoms with E-state index < -0.39 is 13.3 Å². The van der Waals surface area contributed by atoms with Crippen LogP contribution in [-0.2, 0) is 13.5 Å². The van der Waals surface area contributed by atoms with E-state index in [1.54, 1.807) is 13.2 Å². The third kappa shape index (κ3) is 2.98. The maximum absolute atomic E-state index is 11.8. The van der Waals surface area contributed by atoms with Crippen molar-refractivity contribution in [1.82, 2.24) is 9.78 Å². The minimum absolute atomic E-state index is 0.0390. The van der Waals surface area contributed by atoms with E-state index in [9.17, 15) is 12.9 Å². The molecule has 1 aromatic rings. The van der Waals surface area contributed by atoms with Gasteiger partial charge in [-0.3, -0.25) is 4.68 Å². The summed E-state index contributed by atoms with van der Waals surface area (Å²) in [5.74, 6) is 0. The Bertz CT molecular complexity index is 256. The molecule has 0 saturated heterocycles. The topological polar surface area (TPSA) is 17.8 Å². The van der Waals surface area contributed by atoms with Crippen LogP contribution >= 0.6 is 0 Å². The Balaban J connectivity index is 2.44. The van der Waals surface area contributed by atoms with Crippen LogP contribution < -0.4 is 0 Å². The van der Waals surface area contributed by atoms with Crippen molar-refractivity contribution in [2.45, 2.75) is 12.7 Å². The lowest BCUT2D eigenvalue weighted by Gasteiger charge is -2.11. The van der Waals surface area contributed by atoms with Crippen molar-refractivity contribution in [3.05, 3.63) is 18.0 Å². The fourth-order valence-electron chi connectivity index (χ4n) is 0.931. The third-order valence-electron chi connectivity index (χ3n) is 1.52. The van der Waals surface area contributed by atoms with Gasteiger partial charge in [-0.25, -0.2) is 0 Å². The summed E-state index contributed by atoms with van der Waals surface area (Å²) in [5.41, 5.74) is 0.636. The first-order valence-corrected chi connectivity index (χ1v) is 3.66. The van der Waals surface area contributed by atoms with Crippen molar-refractivity contribution < 1.29 is 12.9 Å². The zero-order valence-electron chi connectivity index (χ0n) is 6.67. The number of halogens is 3. The fraction of sp³-hybridized carbons (Fsp3) is 0.500. The van der Waals surface area contributed by atoms with E-state index in [4.69, 9.17) is 0 Å². The molecule has 0 bridgehead atoms. The highest BCUT2D eigenvalue weighted by molar-refractivity contribution is 6.58. The zero-order valence-corrected chi connectivity index (χ0v) is 6.67. The maximum Gasteiger partial charge on any atom is 0.478 e. The molecule has 0 fully saturated rings. The summed E-state index contributed by atoms with van der Waals surface area (Å²) in [6, 6.07) is 0. The summed E-state index contributed by atoms with van der Waals surface area (Å²) in [5, 5.41) is 3.77. The van der Waals surface area contributed by atoms with Gasteiger partial charge in [-0.15, -0.1) is 0 Å². The Morgan fingerprint density at radius 2 is 2.17 bits per heavy atom. The van der Waals surface area contributed by atoms with Crippen molar-refractivity contribution in [2.24, 2.45) is 7.05 Å². The van der Waals surface area contributed by atoms with Crippen molar-refractivity contribution in [2.75, 3.05) is 0 Å². The Hall–Kier alpha value is -0.935. The van der Waals surface area contributed by atoms with Crippen LogP contribution in [0.15, 0.2) is 12.4 Å². The maximum atomic E-state index is 11.8. The molecular weight excluding hydrogens is 168 g/mol. The second-order valence-corrected chi connectivity index (χ2v) is 2.77. The molecule has 1 heterocycles. The van der Waals surface area contributed by atoms with Gasteiger partial charge in [0.05, 0.1) is 6.20 Å². The second-order valence-electron chi connectivity index (χ2n) is 2.77. The number of hydrogen-bond acceptors (Lipinski definition) is 1. The molecule has 0 aliphatic heterocycles. The van der Waals surface area contributed by atoms with Gasteiger partial charge >= 0.3 is 6.98 Å². The molecule has 68 valence electrons. The Labute approximate surface area is 68.4 Å². The minimum Gasteiger partial charge on any atom is -0.449 e. The highest BCUT2D eigenvalue weighted by Gasteiger charge is 2.22. The fourth-order valence-corrected chi connectivity index (χ4v) is 0.931. The molecule has 0 unspecified atom stereocenters.